The third-order valence-electron chi connectivity index (χ3n) is 3.44. The number of nitrogens with one attached hydrogen (secondary N) is 1. The predicted octanol–water partition coefficient (Wildman–Crippen LogP) is 3.73. The van der Waals surface area contributed by atoms with Gasteiger partial charge in [0.1, 0.15) is 0 Å². The lowest BCUT2D eigenvalue weighted by Crippen LogP contribution is -2.11. The van der Waals surface area contributed by atoms with Gasteiger partial charge in [0.05, 0.1) is 17.7 Å². The summed E-state index contributed by atoms with van der Waals surface area (Å²) in [6.45, 7) is 0.961. The number of halogens is 1. The van der Waals surface area contributed by atoms with Crippen LogP contribution in [0, 0.1) is 5.92 Å². The number of carbonyl (C=O) groups excluding carboxylic acids is 1. The molecule has 98 valence electrons. The Morgan fingerprint density at radius 2 is 2.17 bits per heavy atom. The van der Waals surface area contributed by atoms with Crippen molar-refractivity contribution in [3.63, 3.8) is 0 Å². The molecule has 1 fully saturated rings. The van der Waals surface area contributed by atoms with Crippen LogP contribution in [0.25, 0.3) is 0 Å². The van der Waals surface area contributed by atoms with Gasteiger partial charge in [-0.05, 0) is 37.0 Å². The van der Waals surface area contributed by atoms with E-state index in [1.54, 1.807) is 12.1 Å². The first-order valence-electron chi connectivity index (χ1n) is 6.32. The molecule has 0 radical (unpaired) electrons. The monoisotopic (exact) mass is 267 g/mol. The Labute approximate surface area is 112 Å². The number of esters is 1. The molecule has 1 saturated carbocycles. The molecule has 0 unspecified atom stereocenters. The van der Waals surface area contributed by atoms with E-state index in [1.165, 1.54) is 32.8 Å². The van der Waals surface area contributed by atoms with Crippen LogP contribution in [-0.2, 0) is 4.74 Å². The van der Waals surface area contributed by atoms with Crippen molar-refractivity contribution in [2.24, 2.45) is 5.92 Å². The SMILES string of the molecule is COC(=O)c1cc(NCC2CCCC2)ccc1Cl. The molecular formula is C14H18ClNO2. The summed E-state index contributed by atoms with van der Waals surface area (Å²) in [5.74, 6) is 0.353. The first-order chi connectivity index (χ1) is 8.70. The molecule has 0 heterocycles. The number of benzene rings is 1. The van der Waals surface area contributed by atoms with E-state index in [-0.39, 0.29) is 0 Å². The van der Waals surface area contributed by atoms with Crippen LogP contribution in [0.5, 0.6) is 0 Å². The van der Waals surface area contributed by atoms with E-state index in [0.717, 1.165) is 18.2 Å². The normalized spacial score (nSPS) is 15.7. The molecule has 4 heteroatoms. The second-order valence-corrected chi connectivity index (χ2v) is 5.12. The number of carbonyl (C=O) groups is 1. The Kier molecular flexibility index (Phi) is 4.48. The Morgan fingerprint density at radius 3 is 2.83 bits per heavy atom. The fourth-order valence-electron chi connectivity index (χ4n) is 2.38. The van der Waals surface area contributed by atoms with E-state index < -0.39 is 5.97 Å². The van der Waals surface area contributed by atoms with Crippen LogP contribution in [-0.4, -0.2) is 19.6 Å². The average Bonchev–Trinajstić information content (AvgIpc) is 2.90. The Balaban J connectivity index is 2.02. The van der Waals surface area contributed by atoms with Gasteiger partial charge in [-0.1, -0.05) is 24.4 Å². The summed E-state index contributed by atoms with van der Waals surface area (Å²) in [6.07, 6.45) is 5.26. The maximum atomic E-state index is 11.5. The summed E-state index contributed by atoms with van der Waals surface area (Å²) in [5.41, 5.74) is 1.34. The zero-order valence-corrected chi connectivity index (χ0v) is 11.3. The van der Waals surface area contributed by atoms with Gasteiger partial charge in [0.2, 0.25) is 0 Å². The summed E-state index contributed by atoms with van der Waals surface area (Å²) < 4.78 is 4.70. The quantitative estimate of drug-likeness (QED) is 0.845. The molecule has 0 atom stereocenters. The standard InChI is InChI=1S/C14H18ClNO2/c1-18-14(17)12-8-11(6-7-13(12)15)16-9-10-4-2-3-5-10/h6-8,10,16H,2-5,9H2,1H3. The van der Waals surface area contributed by atoms with E-state index >= 15 is 0 Å². The lowest BCUT2D eigenvalue weighted by atomic mass is 10.1. The number of hydrogen-bond donors (Lipinski definition) is 1. The minimum absolute atomic E-state index is 0.399. The second-order valence-electron chi connectivity index (χ2n) is 4.72. The second kappa shape index (κ2) is 6.10. The van der Waals surface area contributed by atoms with E-state index in [9.17, 15) is 4.79 Å². The van der Waals surface area contributed by atoms with Crippen LogP contribution < -0.4 is 5.32 Å². The van der Waals surface area contributed by atoms with Crippen LogP contribution in [0.1, 0.15) is 36.0 Å². The predicted molar refractivity (Wildman–Crippen MR) is 73.2 cm³/mol. The third-order valence-corrected chi connectivity index (χ3v) is 3.77. The highest BCUT2D eigenvalue weighted by atomic mass is 35.5. The molecule has 0 bridgehead atoms. The van der Waals surface area contributed by atoms with Gasteiger partial charge < -0.3 is 10.1 Å². The number of hydrogen-bond acceptors (Lipinski definition) is 3. The molecule has 1 N–H and O–H groups in total. The Morgan fingerprint density at radius 1 is 1.44 bits per heavy atom. The molecule has 0 spiro atoms. The van der Waals surface area contributed by atoms with E-state index in [4.69, 9.17) is 16.3 Å². The van der Waals surface area contributed by atoms with Gasteiger partial charge in [0, 0.05) is 12.2 Å². The van der Waals surface area contributed by atoms with Crippen LogP contribution in [0.15, 0.2) is 18.2 Å². The topological polar surface area (TPSA) is 38.3 Å². The van der Waals surface area contributed by atoms with Crippen molar-refractivity contribution in [3.05, 3.63) is 28.8 Å². The minimum atomic E-state index is -0.399. The van der Waals surface area contributed by atoms with Gasteiger partial charge in [-0.15, -0.1) is 0 Å². The van der Waals surface area contributed by atoms with Crippen molar-refractivity contribution in [2.75, 3.05) is 19.0 Å². The zero-order valence-electron chi connectivity index (χ0n) is 10.5. The zero-order chi connectivity index (χ0) is 13.0. The minimum Gasteiger partial charge on any atom is -0.465 e. The van der Waals surface area contributed by atoms with Gasteiger partial charge in [0.25, 0.3) is 0 Å². The molecule has 18 heavy (non-hydrogen) atoms. The summed E-state index contributed by atoms with van der Waals surface area (Å²) in [5, 5.41) is 3.79. The highest BCUT2D eigenvalue weighted by Crippen LogP contribution is 2.26. The van der Waals surface area contributed by atoms with Crippen molar-refractivity contribution in [1.29, 1.82) is 0 Å². The molecule has 1 aliphatic rings. The highest BCUT2D eigenvalue weighted by Gasteiger charge is 2.15. The van der Waals surface area contributed by atoms with Crippen molar-refractivity contribution < 1.29 is 9.53 Å². The number of rotatable bonds is 4. The van der Waals surface area contributed by atoms with Crippen molar-refractivity contribution in [3.8, 4) is 0 Å². The maximum Gasteiger partial charge on any atom is 0.339 e. The lowest BCUT2D eigenvalue weighted by Gasteiger charge is -2.13. The first-order valence-corrected chi connectivity index (χ1v) is 6.70. The summed E-state index contributed by atoms with van der Waals surface area (Å²) in [4.78, 5) is 11.5. The fraction of sp³-hybridized carbons (Fsp3) is 0.500. The number of methoxy groups -OCH3 is 1. The average molecular weight is 268 g/mol. The van der Waals surface area contributed by atoms with Crippen LogP contribution >= 0.6 is 11.6 Å². The van der Waals surface area contributed by atoms with Gasteiger partial charge in [0.15, 0.2) is 0 Å². The van der Waals surface area contributed by atoms with E-state index in [2.05, 4.69) is 5.32 Å². The molecule has 1 aromatic rings. The van der Waals surface area contributed by atoms with Crippen molar-refractivity contribution >= 4 is 23.3 Å². The van der Waals surface area contributed by atoms with E-state index in [1.807, 2.05) is 6.07 Å². The van der Waals surface area contributed by atoms with Gasteiger partial charge in [-0.3, -0.25) is 0 Å². The molecule has 1 aliphatic carbocycles. The Hall–Kier alpha value is -1.22. The molecule has 1 aromatic carbocycles. The van der Waals surface area contributed by atoms with Crippen LogP contribution in [0.4, 0.5) is 5.69 Å². The number of ether oxygens (including phenoxy) is 1. The summed E-state index contributed by atoms with van der Waals surface area (Å²) in [7, 11) is 1.36. The van der Waals surface area contributed by atoms with E-state index in [0.29, 0.717) is 10.6 Å². The molecule has 3 nitrogen and oxygen atoms in total. The molecule has 0 saturated heterocycles. The molecular weight excluding hydrogens is 250 g/mol. The molecule has 0 aliphatic heterocycles. The first kappa shape index (κ1) is 13.2. The van der Waals surface area contributed by atoms with Gasteiger partial charge >= 0.3 is 5.97 Å². The highest BCUT2D eigenvalue weighted by molar-refractivity contribution is 6.33. The molecule has 0 amide bonds. The maximum absolute atomic E-state index is 11.5. The summed E-state index contributed by atoms with van der Waals surface area (Å²) in [6, 6.07) is 5.37. The number of anilines is 1. The third kappa shape index (κ3) is 3.16. The van der Waals surface area contributed by atoms with Crippen molar-refractivity contribution in [2.45, 2.75) is 25.7 Å². The molecule has 0 aromatic heterocycles. The van der Waals surface area contributed by atoms with Crippen LogP contribution in [0.3, 0.4) is 0 Å². The fourth-order valence-corrected chi connectivity index (χ4v) is 2.57. The summed E-state index contributed by atoms with van der Waals surface area (Å²) >= 11 is 5.97. The molecule has 2 rings (SSSR count). The van der Waals surface area contributed by atoms with Gasteiger partial charge in [-0.25, -0.2) is 4.79 Å². The Bertz CT molecular complexity index is 428. The smallest absolute Gasteiger partial charge is 0.339 e. The van der Waals surface area contributed by atoms with Crippen LogP contribution in [0.2, 0.25) is 5.02 Å². The van der Waals surface area contributed by atoms with Gasteiger partial charge in [-0.2, -0.15) is 0 Å². The van der Waals surface area contributed by atoms with Crippen molar-refractivity contribution in [1.82, 2.24) is 0 Å². The largest absolute Gasteiger partial charge is 0.465 e. The lowest BCUT2D eigenvalue weighted by molar-refractivity contribution is 0.0601.